The van der Waals surface area contributed by atoms with E-state index in [-0.39, 0.29) is 35.4 Å². The number of sulfonamides is 1. The Morgan fingerprint density at radius 2 is 1.75 bits per heavy atom. The van der Waals surface area contributed by atoms with Gasteiger partial charge in [0.05, 0.1) is 10.5 Å². The number of piperidine rings is 1. The molecular formula is C24H30N4O3S. The highest BCUT2D eigenvalue weighted by atomic mass is 32.2. The molecule has 0 aromatic heterocycles. The fourth-order valence-electron chi connectivity index (χ4n) is 3.92. The van der Waals surface area contributed by atoms with Gasteiger partial charge in [0, 0.05) is 44.8 Å². The Morgan fingerprint density at radius 3 is 2.44 bits per heavy atom. The van der Waals surface area contributed by atoms with Crippen molar-refractivity contribution in [3.05, 3.63) is 60.2 Å². The third kappa shape index (κ3) is 5.87. The van der Waals surface area contributed by atoms with Crippen LogP contribution in [0.2, 0.25) is 0 Å². The van der Waals surface area contributed by atoms with Gasteiger partial charge in [-0.3, -0.25) is 4.79 Å². The van der Waals surface area contributed by atoms with Crippen LogP contribution in [-0.4, -0.2) is 51.9 Å². The van der Waals surface area contributed by atoms with E-state index < -0.39 is 10.0 Å². The number of carbonyl (C=O) groups is 1. The van der Waals surface area contributed by atoms with Crippen molar-refractivity contribution >= 4 is 21.6 Å². The van der Waals surface area contributed by atoms with Gasteiger partial charge in [0.2, 0.25) is 15.9 Å². The molecule has 0 atom stereocenters. The lowest BCUT2D eigenvalue weighted by Gasteiger charge is -2.30. The van der Waals surface area contributed by atoms with Crippen LogP contribution >= 0.6 is 0 Å². The van der Waals surface area contributed by atoms with Gasteiger partial charge in [0.15, 0.2) is 0 Å². The first kappa shape index (κ1) is 23.8. The number of benzene rings is 2. The van der Waals surface area contributed by atoms with Gasteiger partial charge in [-0.15, -0.1) is 0 Å². The monoisotopic (exact) mass is 454 g/mol. The summed E-state index contributed by atoms with van der Waals surface area (Å²) < 4.78 is 27.2. The van der Waals surface area contributed by atoms with E-state index >= 15 is 0 Å². The number of anilines is 1. The number of carbonyl (C=O) groups excluding carboxylic acids is 1. The second-order valence-electron chi connectivity index (χ2n) is 8.04. The smallest absolute Gasteiger partial charge is 0.244 e. The third-order valence-electron chi connectivity index (χ3n) is 5.87. The van der Waals surface area contributed by atoms with Crippen molar-refractivity contribution in [2.24, 2.45) is 5.92 Å². The number of amides is 1. The molecule has 3 rings (SSSR count). The van der Waals surface area contributed by atoms with Crippen molar-refractivity contribution in [2.45, 2.75) is 30.6 Å². The zero-order valence-corrected chi connectivity index (χ0v) is 19.2. The molecule has 1 fully saturated rings. The molecule has 0 radical (unpaired) electrons. The predicted octanol–water partition coefficient (Wildman–Crippen LogP) is 2.99. The lowest BCUT2D eigenvalue weighted by atomic mass is 9.97. The average molecular weight is 455 g/mol. The molecule has 0 spiro atoms. The van der Waals surface area contributed by atoms with Gasteiger partial charge in [0.25, 0.3) is 0 Å². The Balaban J connectivity index is 1.40. The Labute approximate surface area is 190 Å². The van der Waals surface area contributed by atoms with E-state index in [1.54, 1.807) is 12.1 Å². The lowest BCUT2D eigenvalue weighted by Crippen LogP contribution is -2.43. The summed E-state index contributed by atoms with van der Waals surface area (Å²) in [5.74, 6) is -0.185. The summed E-state index contributed by atoms with van der Waals surface area (Å²) in [7, 11) is -1.67. The van der Waals surface area contributed by atoms with Crippen molar-refractivity contribution in [1.82, 2.24) is 9.62 Å². The van der Waals surface area contributed by atoms with Gasteiger partial charge in [-0.05, 0) is 49.9 Å². The number of rotatable bonds is 9. The molecule has 0 unspecified atom stereocenters. The van der Waals surface area contributed by atoms with Crippen molar-refractivity contribution in [3.8, 4) is 6.07 Å². The van der Waals surface area contributed by atoms with Crippen LogP contribution in [0.4, 0.5) is 5.69 Å². The highest BCUT2D eigenvalue weighted by Gasteiger charge is 2.33. The Morgan fingerprint density at radius 1 is 1.09 bits per heavy atom. The average Bonchev–Trinajstić information content (AvgIpc) is 2.84. The SMILES string of the molecule is CN(CCCCNC(=O)C1CCN(S(=O)(=O)c2ccccc2C#N)CC1)c1ccccc1. The quantitative estimate of drug-likeness (QED) is 0.588. The highest BCUT2D eigenvalue weighted by Crippen LogP contribution is 2.25. The molecule has 1 aliphatic rings. The summed E-state index contributed by atoms with van der Waals surface area (Å²) >= 11 is 0. The summed E-state index contributed by atoms with van der Waals surface area (Å²) in [5.41, 5.74) is 1.32. The van der Waals surface area contributed by atoms with E-state index in [9.17, 15) is 18.5 Å². The second-order valence-corrected chi connectivity index (χ2v) is 9.95. The van der Waals surface area contributed by atoms with Crippen LogP contribution < -0.4 is 10.2 Å². The standard InChI is InChI=1S/C24H30N4O3S/c1-27(22-10-3-2-4-11-22)16-8-7-15-26-24(29)20-13-17-28(18-14-20)32(30,31)23-12-6-5-9-21(23)19-25/h2-6,9-12,20H,7-8,13-18H2,1H3,(H,26,29). The molecule has 1 amide bonds. The Kier molecular flexibility index (Phi) is 8.26. The second kappa shape index (κ2) is 11.1. The number of nitrogens with zero attached hydrogens (tertiary/aromatic N) is 3. The minimum absolute atomic E-state index is 0.00381. The number of unbranched alkanes of at least 4 members (excludes halogenated alkanes) is 1. The molecule has 8 heteroatoms. The topological polar surface area (TPSA) is 93.5 Å². The molecule has 170 valence electrons. The summed E-state index contributed by atoms with van der Waals surface area (Å²) in [6, 6.07) is 18.4. The van der Waals surface area contributed by atoms with E-state index in [0.717, 1.165) is 19.4 Å². The van der Waals surface area contributed by atoms with E-state index in [0.29, 0.717) is 19.4 Å². The van der Waals surface area contributed by atoms with Crippen molar-refractivity contribution in [3.63, 3.8) is 0 Å². The van der Waals surface area contributed by atoms with E-state index in [1.165, 1.54) is 22.1 Å². The molecule has 1 heterocycles. The molecule has 2 aromatic rings. The number of nitrogens with one attached hydrogen (secondary N) is 1. The number of hydrogen-bond donors (Lipinski definition) is 1. The van der Waals surface area contributed by atoms with Crippen molar-refractivity contribution in [2.75, 3.05) is 38.1 Å². The molecule has 32 heavy (non-hydrogen) atoms. The van der Waals surface area contributed by atoms with Crippen molar-refractivity contribution < 1.29 is 13.2 Å². The first-order valence-electron chi connectivity index (χ1n) is 11.0. The zero-order valence-electron chi connectivity index (χ0n) is 18.4. The molecule has 0 bridgehead atoms. The summed E-state index contributed by atoms with van der Waals surface area (Å²) in [4.78, 5) is 14.7. The molecule has 1 aliphatic heterocycles. The van der Waals surface area contributed by atoms with Crippen LogP contribution in [0, 0.1) is 17.2 Å². The van der Waals surface area contributed by atoms with Gasteiger partial charge in [0.1, 0.15) is 6.07 Å². The molecular weight excluding hydrogens is 424 g/mol. The molecule has 7 nitrogen and oxygen atoms in total. The Hall–Kier alpha value is -2.89. The van der Waals surface area contributed by atoms with E-state index in [1.807, 2.05) is 24.3 Å². The summed E-state index contributed by atoms with van der Waals surface area (Å²) in [5, 5.41) is 12.2. The predicted molar refractivity (Wildman–Crippen MR) is 125 cm³/mol. The van der Waals surface area contributed by atoms with Crippen molar-refractivity contribution in [1.29, 1.82) is 5.26 Å². The molecule has 1 N–H and O–H groups in total. The van der Waals surface area contributed by atoms with Gasteiger partial charge < -0.3 is 10.2 Å². The van der Waals surface area contributed by atoms with E-state index in [2.05, 4.69) is 29.4 Å². The largest absolute Gasteiger partial charge is 0.375 e. The number of hydrogen-bond acceptors (Lipinski definition) is 5. The summed E-state index contributed by atoms with van der Waals surface area (Å²) in [6.07, 6.45) is 2.83. The zero-order chi connectivity index (χ0) is 23.0. The van der Waals surface area contributed by atoms with Gasteiger partial charge >= 0.3 is 0 Å². The number of nitriles is 1. The first-order valence-corrected chi connectivity index (χ1v) is 12.4. The van der Waals surface area contributed by atoms with Crippen LogP contribution in [0.25, 0.3) is 0 Å². The maximum Gasteiger partial charge on any atom is 0.244 e. The highest BCUT2D eigenvalue weighted by molar-refractivity contribution is 7.89. The maximum absolute atomic E-state index is 12.9. The minimum Gasteiger partial charge on any atom is -0.375 e. The van der Waals surface area contributed by atoms with Gasteiger partial charge in [-0.1, -0.05) is 30.3 Å². The molecule has 1 saturated heterocycles. The third-order valence-corrected chi connectivity index (χ3v) is 7.82. The van der Waals surface area contributed by atoms with Gasteiger partial charge in [-0.25, -0.2) is 8.42 Å². The van der Waals surface area contributed by atoms with Crippen LogP contribution in [0.1, 0.15) is 31.2 Å². The van der Waals surface area contributed by atoms with Gasteiger partial charge in [-0.2, -0.15) is 9.57 Å². The number of para-hydroxylation sites is 1. The lowest BCUT2D eigenvalue weighted by molar-refractivity contribution is -0.126. The van der Waals surface area contributed by atoms with Crippen LogP contribution in [0.3, 0.4) is 0 Å². The molecule has 0 aliphatic carbocycles. The van der Waals surface area contributed by atoms with Crippen LogP contribution in [0.5, 0.6) is 0 Å². The van der Waals surface area contributed by atoms with Crippen LogP contribution in [-0.2, 0) is 14.8 Å². The Bertz CT molecular complexity index is 1040. The summed E-state index contributed by atoms with van der Waals surface area (Å²) in [6.45, 7) is 2.10. The fourth-order valence-corrected chi connectivity index (χ4v) is 5.53. The molecule has 2 aromatic carbocycles. The first-order chi connectivity index (χ1) is 15.4. The van der Waals surface area contributed by atoms with Crippen LogP contribution in [0.15, 0.2) is 59.5 Å². The normalized spacial score (nSPS) is 15.1. The van der Waals surface area contributed by atoms with E-state index in [4.69, 9.17) is 0 Å². The molecule has 0 saturated carbocycles. The minimum atomic E-state index is -3.73. The maximum atomic E-state index is 12.9. The fraction of sp³-hybridized carbons (Fsp3) is 0.417.